The van der Waals surface area contributed by atoms with Gasteiger partial charge in [0.15, 0.2) is 0 Å². The molecule has 2 heterocycles. The van der Waals surface area contributed by atoms with E-state index in [1.54, 1.807) is 16.7 Å². The second kappa shape index (κ2) is 4.92. The third-order valence-electron chi connectivity index (χ3n) is 2.91. The van der Waals surface area contributed by atoms with Gasteiger partial charge in [0, 0.05) is 22.4 Å². The monoisotopic (exact) mass is 350 g/mol. The number of aromatic carboxylic acids is 1. The minimum Gasteiger partial charge on any atom is -0.478 e. The first-order chi connectivity index (χ1) is 9.54. The summed E-state index contributed by atoms with van der Waals surface area (Å²) in [5, 5.41) is 9.56. The number of hydrogen-bond acceptors (Lipinski definition) is 2. The first kappa shape index (κ1) is 13.1. The van der Waals surface area contributed by atoms with Crippen LogP contribution in [0.15, 0.2) is 47.2 Å². The van der Waals surface area contributed by atoms with Crippen LogP contribution in [0.2, 0.25) is 5.02 Å². The lowest BCUT2D eigenvalue weighted by molar-refractivity contribution is 0.0697. The first-order valence-electron chi connectivity index (χ1n) is 5.72. The van der Waals surface area contributed by atoms with Gasteiger partial charge in [-0.25, -0.2) is 9.78 Å². The predicted octanol–water partition coefficient (Wildman–Crippen LogP) is 4.12. The van der Waals surface area contributed by atoms with Crippen LogP contribution in [0.25, 0.3) is 16.9 Å². The van der Waals surface area contributed by atoms with E-state index in [0.717, 1.165) is 10.0 Å². The molecule has 0 saturated heterocycles. The second-order valence-electron chi connectivity index (χ2n) is 4.24. The Balaban J connectivity index is 2.15. The van der Waals surface area contributed by atoms with Crippen LogP contribution in [-0.4, -0.2) is 20.5 Å². The third-order valence-corrected chi connectivity index (χ3v) is 3.72. The molecule has 100 valence electrons. The van der Waals surface area contributed by atoms with Crippen LogP contribution in [0.5, 0.6) is 0 Å². The van der Waals surface area contributed by atoms with Gasteiger partial charge in [-0.1, -0.05) is 33.6 Å². The van der Waals surface area contributed by atoms with Gasteiger partial charge in [0.1, 0.15) is 5.65 Å². The zero-order valence-electron chi connectivity index (χ0n) is 10.0. The zero-order chi connectivity index (χ0) is 14.3. The van der Waals surface area contributed by atoms with E-state index in [4.69, 9.17) is 16.7 Å². The Hall–Kier alpha value is -1.85. The maximum absolute atomic E-state index is 10.9. The molecule has 0 spiro atoms. The average molecular weight is 352 g/mol. The van der Waals surface area contributed by atoms with E-state index in [2.05, 4.69) is 20.9 Å². The molecule has 0 atom stereocenters. The number of imidazole rings is 1. The summed E-state index contributed by atoms with van der Waals surface area (Å²) in [5.74, 6) is -0.973. The maximum Gasteiger partial charge on any atom is 0.335 e. The minimum atomic E-state index is -0.973. The summed E-state index contributed by atoms with van der Waals surface area (Å²) in [6, 6.07) is 8.60. The summed E-state index contributed by atoms with van der Waals surface area (Å²) in [4.78, 5) is 15.4. The number of fused-ring (bicyclic) bond motifs is 1. The molecule has 0 fully saturated rings. The largest absolute Gasteiger partial charge is 0.478 e. The molecule has 1 N–H and O–H groups in total. The maximum atomic E-state index is 10.9. The number of nitrogens with zero attached hydrogens (tertiary/aromatic N) is 2. The highest BCUT2D eigenvalue weighted by molar-refractivity contribution is 9.10. The van der Waals surface area contributed by atoms with E-state index in [-0.39, 0.29) is 5.56 Å². The van der Waals surface area contributed by atoms with Gasteiger partial charge in [-0.05, 0) is 24.3 Å². The highest BCUT2D eigenvalue weighted by Crippen LogP contribution is 2.30. The van der Waals surface area contributed by atoms with E-state index in [1.807, 2.05) is 18.3 Å². The van der Waals surface area contributed by atoms with Crippen molar-refractivity contribution >= 4 is 39.1 Å². The average Bonchev–Trinajstić information content (AvgIpc) is 2.80. The molecule has 0 unspecified atom stereocenters. The number of aromatic nitrogens is 2. The Morgan fingerprint density at radius 2 is 2.10 bits per heavy atom. The topological polar surface area (TPSA) is 54.6 Å². The summed E-state index contributed by atoms with van der Waals surface area (Å²) in [6.07, 6.45) is 3.48. The standard InChI is InChI=1S/C14H8BrClN2O2/c15-9-1-2-10(11(16)6-9)12-7-18-4-3-8(14(19)20)5-13(18)17-12/h1-7H,(H,19,20). The lowest BCUT2D eigenvalue weighted by Gasteiger charge is -2.00. The molecular formula is C14H8BrClN2O2. The van der Waals surface area contributed by atoms with Crippen LogP contribution in [0.3, 0.4) is 0 Å². The summed E-state index contributed by atoms with van der Waals surface area (Å²) in [5.41, 5.74) is 2.27. The van der Waals surface area contributed by atoms with Gasteiger partial charge in [0.2, 0.25) is 0 Å². The summed E-state index contributed by atoms with van der Waals surface area (Å²) < 4.78 is 2.66. The molecule has 0 bridgehead atoms. The molecule has 4 nitrogen and oxygen atoms in total. The van der Waals surface area contributed by atoms with Gasteiger partial charge in [-0.3, -0.25) is 0 Å². The Labute approximate surface area is 127 Å². The van der Waals surface area contributed by atoms with Crippen molar-refractivity contribution in [2.75, 3.05) is 0 Å². The van der Waals surface area contributed by atoms with Crippen LogP contribution in [0, 0.1) is 0 Å². The van der Waals surface area contributed by atoms with E-state index in [0.29, 0.717) is 16.4 Å². The Morgan fingerprint density at radius 3 is 2.80 bits per heavy atom. The SMILES string of the molecule is O=C(O)c1ccn2cc(-c3ccc(Br)cc3Cl)nc2c1. The fourth-order valence-electron chi connectivity index (χ4n) is 1.94. The molecule has 6 heteroatoms. The van der Waals surface area contributed by atoms with Crippen LogP contribution in [-0.2, 0) is 0 Å². The highest BCUT2D eigenvalue weighted by atomic mass is 79.9. The predicted molar refractivity (Wildman–Crippen MR) is 80.3 cm³/mol. The van der Waals surface area contributed by atoms with Gasteiger partial charge in [0.05, 0.1) is 16.3 Å². The van der Waals surface area contributed by atoms with Gasteiger partial charge >= 0.3 is 5.97 Å². The zero-order valence-corrected chi connectivity index (χ0v) is 12.4. The second-order valence-corrected chi connectivity index (χ2v) is 5.56. The van der Waals surface area contributed by atoms with E-state index in [1.165, 1.54) is 12.1 Å². The molecule has 0 saturated carbocycles. The van der Waals surface area contributed by atoms with Gasteiger partial charge in [0.25, 0.3) is 0 Å². The lowest BCUT2D eigenvalue weighted by Crippen LogP contribution is -1.96. The van der Waals surface area contributed by atoms with Crippen LogP contribution in [0.4, 0.5) is 0 Å². The fraction of sp³-hybridized carbons (Fsp3) is 0. The fourth-order valence-corrected chi connectivity index (χ4v) is 2.71. The Bertz CT molecular complexity index is 829. The molecule has 1 aromatic carbocycles. The van der Waals surface area contributed by atoms with Crippen LogP contribution < -0.4 is 0 Å². The van der Waals surface area contributed by atoms with Gasteiger partial charge < -0.3 is 9.51 Å². The van der Waals surface area contributed by atoms with Gasteiger partial charge in [-0.15, -0.1) is 0 Å². The molecule has 0 radical (unpaired) electrons. The number of hydrogen-bond donors (Lipinski definition) is 1. The molecule has 0 aliphatic carbocycles. The summed E-state index contributed by atoms with van der Waals surface area (Å²) >= 11 is 9.55. The Kier molecular flexibility index (Phi) is 3.23. The van der Waals surface area contributed by atoms with E-state index >= 15 is 0 Å². The molecular weight excluding hydrogens is 344 g/mol. The third kappa shape index (κ3) is 2.30. The first-order valence-corrected chi connectivity index (χ1v) is 6.89. The quantitative estimate of drug-likeness (QED) is 0.756. The number of rotatable bonds is 2. The molecule has 0 amide bonds. The number of halogens is 2. The van der Waals surface area contributed by atoms with Crippen LogP contribution in [0.1, 0.15) is 10.4 Å². The summed E-state index contributed by atoms with van der Waals surface area (Å²) in [6.45, 7) is 0. The Morgan fingerprint density at radius 1 is 1.30 bits per heavy atom. The minimum absolute atomic E-state index is 0.205. The van der Waals surface area contributed by atoms with E-state index < -0.39 is 5.97 Å². The molecule has 20 heavy (non-hydrogen) atoms. The number of carboxylic acids is 1. The van der Waals surface area contributed by atoms with Crippen molar-refractivity contribution < 1.29 is 9.90 Å². The molecule has 3 aromatic rings. The number of benzene rings is 1. The smallest absolute Gasteiger partial charge is 0.335 e. The van der Waals surface area contributed by atoms with Crippen molar-refractivity contribution in [3.63, 3.8) is 0 Å². The number of pyridine rings is 1. The van der Waals surface area contributed by atoms with Crippen molar-refractivity contribution in [2.24, 2.45) is 0 Å². The van der Waals surface area contributed by atoms with Gasteiger partial charge in [-0.2, -0.15) is 0 Å². The van der Waals surface area contributed by atoms with Crippen molar-refractivity contribution in [1.29, 1.82) is 0 Å². The molecule has 0 aliphatic heterocycles. The van der Waals surface area contributed by atoms with Crippen molar-refractivity contribution in [2.45, 2.75) is 0 Å². The molecule has 3 rings (SSSR count). The van der Waals surface area contributed by atoms with Crippen molar-refractivity contribution in [3.05, 3.63) is 57.8 Å². The lowest BCUT2D eigenvalue weighted by atomic mass is 10.2. The van der Waals surface area contributed by atoms with Crippen LogP contribution >= 0.6 is 27.5 Å². The molecule has 2 aromatic heterocycles. The highest BCUT2D eigenvalue weighted by Gasteiger charge is 2.10. The van der Waals surface area contributed by atoms with Crippen molar-refractivity contribution in [1.82, 2.24) is 9.38 Å². The molecule has 0 aliphatic rings. The van der Waals surface area contributed by atoms with Crippen molar-refractivity contribution in [3.8, 4) is 11.3 Å². The number of carboxylic acid groups (broad SMARTS) is 1. The normalized spacial score (nSPS) is 10.9. The number of carbonyl (C=O) groups is 1. The van der Waals surface area contributed by atoms with E-state index in [9.17, 15) is 4.79 Å². The summed E-state index contributed by atoms with van der Waals surface area (Å²) in [7, 11) is 0.